The first-order chi connectivity index (χ1) is 10.7. The average Bonchev–Trinajstić information content (AvgIpc) is 3.05. The fraction of sp³-hybridized carbons (Fsp3) is 0.0769. The van der Waals surface area contributed by atoms with Crippen molar-refractivity contribution in [2.75, 3.05) is 5.32 Å². The topological polar surface area (TPSA) is 108 Å². The van der Waals surface area contributed by atoms with Crippen molar-refractivity contribution >= 4 is 11.6 Å². The van der Waals surface area contributed by atoms with Gasteiger partial charge in [-0.3, -0.25) is 9.59 Å². The lowest BCUT2D eigenvalue weighted by molar-refractivity contribution is -0.117. The molecular weight excluding hydrogens is 286 g/mol. The Kier molecular flexibility index (Phi) is 3.69. The van der Waals surface area contributed by atoms with Crippen LogP contribution in [-0.4, -0.2) is 35.4 Å². The SMILES string of the molecule is O=C(Cn1ncccc1=O)Nc1cnc(-n2cccn2)nc1. The molecule has 1 amide bonds. The Morgan fingerprint density at radius 2 is 1.91 bits per heavy atom. The van der Waals surface area contributed by atoms with Crippen molar-refractivity contribution in [1.82, 2.24) is 29.5 Å². The highest BCUT2D eigenvalue weighted by molar-refractivity contribution is 5.90. The number of carbonyl (C=O) groups is 1. The molecule has 0 bridgehead atoms. The lowest BCUT2D eigenvalue weighted by Crippen LogP contribution is -2.28. The second-order valence-electron chi connectivity index (χ2n) is 4.29. The van der Waals surface area contributed by atoms with Gasteiger partial charge in [0.1, 0.15) is 6.54 Å². The molecule has 0 spiro atoms. The Labute approximate surface area is 124 Å². The molecule has 0 aliphatic carbocycles. The summed E-state index contributed by atoms with van der Waals surface area (Å²) in [4.78, 5) is 31.5. The van der Waals surface area contributed by atoms with Gasteiger partial charge in [-0.2, -0.15) is 10.2 Å². The smallest absolute Gasteiger partial charge is 0.267 e. The van der Waals surface area contributed by atoms with Crippen LogP contribution in [0.3, 0.4) is 0 Å². The van der Waals surface area contributed by atoms with Crippen molar-refractivity contribution in [3.05, 3.63) is 59.5 Å². The van der Waals surface area contributed by atoms with Crippen molar-refractivity contribution < 1.29 is 4.79 Å². The summed E-state index contributed by atoms with van der Waals surface area (Å²) in [6.07, 6.45) is 7.69. The number of nitrogens with zero attached hydrogens (tertiary/aromatic N) is 6. The molecule has 3 aromatic heterocycles. The molecular formula is C13H11N7O2. The number of nitrogens with one attached hydrogen (secondary N) is 1. The van der Waals surface area contributed by atoms with Crippen molar-refractivity contribution in [1.29, 1.82) is 0 Å². The third-order valence-corrected chi connectivity index (χ3v) is 2.71. The van der Waals surface area contributed by atoms with E-state index in [4.69, 9.17) is 0 Å². The van der Waals surface area contributed by atoms with Crippen LogP contribution in [0.5, 0.6) is 0 Å². The number of amides is 1. The molecule has 3 aromatic rings. The van der Waals surface area contributed by atoms with E-state index in [-0.39, 0.29) is 12.1 Å². The van der Waals surface area contributed by atoms with Crippen LogP contribution in [0.1, 0.15) is 0 Å². The van der Waals surface area contributed by atoms with E-state index in [9.17, 15) is 9.59 Å². The molecule has 0 aliphatic heterocycles. The summed E-state index contributed by atoms with van der Waals surface area (Å²) in [6.45, 7) is -0.180. The van der Waals surface area contributed by atoms with E-state index in [1.54, 1.807) is 18.5 Å². The summed E-state index contributed by atoms with van der Waals surface area (Å²) < 4.78 is 2.56. The van der Waals surface area contributed by atoms with Crippen molar-refractivity contribution in [3.63, 3.8) is 0 Å². The van der Waals surface area contributed by atoms with E-state index < -0.39 is 5.91 Å². The van der Waals surface area contributed by atoms with Gasteiger partial charge in [-0.05, 0) is 12.1 Å². The minimum Gasteiger partial charge on any atom is -0.322 e. The Morgan fingerprint density at radius 1 is 1.14 bits per heavy atom. The molecule has 0 saturated heterocycles. The van der Waals surface area contributed by atoms with Crippen LogP contribution in [0.25, 0.3) is 5.95 Å². The van der Waals surface area contributed by atoms with E-state index in [0.29, 0.717) is 11.6 Å². The van der Waals surface area contributed by atoms with Gasteiger partial charge in [0.2, 0.25) is 5.91 Å². The monoisotopic (exact) mass is 297 g/mol. The maximum absolute atomic E-state index is 11.9. The Balaban J connectivity index is 1.67. The van der Waals surface area contributed by atoms with E-state index in [0.717, 1.165) is 4.68 Å². The lowest BCUT2D eigenvalue weighted by Gasteiger charge is -2.06. The quantitative estimate of drug-likeness (QED) is 0.718. The molecule has 0 aliphatic rings. The molecule has 1 N–H and O–H groups in total. The third kappa shape index (κ3) is 3.03. The minimum atomic E-state index is -0.392. The highest BCUT2D eigenvalue weighted by Gasteiger charge is 2.07. The van der Waals surface area contributed by atoms with Gasteiger partial charge in [-0.25, -0.2) is 19.3 Å². The predicted octanol–water partition coefficient (Wildman–Crippen LogP) is -0.142. The van der Waals surface area contributed by atoms with E-state index in [2.05, 4.69) is 25.5 Å². The summed E-state index contributed by atoms with van der Waals surface area (Å²) in [6, 6.07) is 4.60. The van der Waals surface area contributed by atoms with E-state index in [1.807, 2.05) is 0 Å². The van der Waals surface area contributed by atoms with Crippen LogP contribution in [0, 0.1) is 0 Å². The predicted molar refractivity (Wildman–Crippen MR) is 76.3 cm³/mol. The standard InChI is InChI=1S/C13H11N7O2/c21-11(9-20-12(22)3-1-4-17-20)18-10-7-14-13(15-8-10)19-6-2-5-16-19/h1-8H,9H2,(H,18,21). The molecule has 3 rings (SSSR count). The number of hydrogen-bond acceptors (Lipinski definition) is 6. The van der Waals surface area contributed by atoms with Crippen LogP contribution in [-0.2, 0) is 11.3 Å². The molecule has 3 heterocycles. The van der Waals surface area contributed by atoms with Crippen LogP contribution >= 0.6 is 0 Å². The van der Waals surface area contributed by atoms with Crippen molar-refractivity contribution in [2.45, 2.75) is 6.54 Å². The van der Waals surface area contributed by atoms with Gasteiger partial charge in [0.25, 0.3) is 11.5 Å². The summed E-state index contributed by atoms with van der Waals surface area (Å²) in [7, 11) is 0. The normalized spacial score (nSPS) is 10.4. The molecule has 0 saturated carbocycles. The number of aromatic nitrogens is 6. The molecule has 0 atom stereocenters. The van der Waals surface area contributed by atoms with Gasteiger partial charge in [0.15, 0.2) is 0 Å². The first kappa shape index (κ1) is 13.6. The van der Waals surface area contributed by atoms with E-state index in [1.165, 1.54) is 35.4 Å². The average molecular weight is 297 g/mol. The van der Waals surface area contributed by atoms with Gasteiger partial charge in [-0.15, -0.1) is 0 Å². The number of hydrogen-bond donors (Lipinski definition) is 1. The second-order valence-corrected chi connectivity index (χ2v) is 4.29. The summed E-state index contributed by atoms with van der Waals surface area (Å²) in [5.41, 5.74) is 0.0767. The zero-order valence-corrected chi connectivity index (χ0v) is 11.3. The molecule has 0 aromatic carbocycles. The van der Waals surface area contributed by atoms with Crippen LogP contribution in [0.2, 0.25) is 0 Å². The van der Waals surface area contributed by atoms with Gasteiger partial charge < -0.3 is 5.32 Å². The lowest BCUT2D eigenvalue weighted by atomic mass is 10.4. The van der Waals surface area contributed by atoms with E-state index >= 15 is 0 Å². The fourth-order valence-corrected chi connectivity index (χ4v) is 1.73. The highest BCUT2D eigenvalue weighted by atomic mass is 16.2. The minimum absolute atomic E-state index is 0.180. The van der Waals surface area contributed by atoms with Gasteiger partial charge in [-0.1, -0.05) is 0 Å². The molecule has 0 unspecified atom stereocenters. The largest absolute Gasteiger partial charge is 0.322 e. The first-order valence-electron chi connectivity index (χ1n) is 6.36. The maximum Gasteiger partial charge on any atom is 0.267 e. The van der Waals surface area contributed by atoms with Crippen LogP contribution in [0.15, 0.2) is 54.0 Å². The zero-order chi connectivity index (χ0) is 15.4. The Morgan fingerprint density at radius 3 is 2.59 bits per heavy atom. The fourth-order valence-electron chi connectivity index (χ4n) is 1.73. The molecule has 0 fully saturated rings. The molecule has 0 radical (unpaired) electrons. The second kappa shape index (κ2) is 5.95. The van der Waals surface area contributed by atoms with Crippen molar-refractivity contribution in [2.24, 2.45) is 0 Å². The van der Waals surface area contributed by atoms with Gasteiger partial charge in [0, 0.05) is 24.7 Å². The maximum atomic E-state index is 11.9. The van der Waals surface area contributed by atoms with Gasteiger partial charge >= 0.3 is 0 Å². The number of rotatable bonds is 4. The summed E-state index contributed by atoms with van der Waals surface area (Å²) in [5, 5.41) is 10.4. The molecule has 9 heteroatoms. The Hall–Kier alpha value is -3.36. The van der Waals surface area contributed by atoms with Crippen LogP contribution < -0.4 is 10.9 Å². The summed E-state index contributed by atoms with van der Waals surface area (Å²) in [5.74, 6) is 0.000170. The van der Waals surface area contributed by atoms with Crippen LogP contribution in [0.4, 0.5) is 5.69 Å². The molecule has 22 heavy (non-hydrogen) atoms. The van der Waals surface area contributed by atoms with Crippen molar-refractivity contribution in [3.8, 4) is 5.95 Å². The number of carbonyl (C=O) groups excluding carboxylic acids is 1. The molecule has 9 nitrogen and oxygen atoms in total. The molecule has 110 valence electrons. The highest BCUT2D eigenvalue weighted by Crippen LogP contribution is 2.05. The zero-order valence-electron chi connectivity index (χ0n) is 11.3. The summed E-state index contributed by atoms with van der Waals surface area (Å²) >= 11 is 0. The first-order valence-corrected chi connectivity index (χ1v) is 6.36. The Bertz CT molecular complexity index is 824. The number of anilines is 1. The third-order valence-electron chi connectivity index (χ3n) is 2.71. The van der Waals surface area contributed by atoms with Gasteiger partial charge in [0.05, 0.1) is 18.1 Å².